The van der Waals surface area contributed by atoms with Gasteiger partial charge >= 0.3 is 5.97 Å². The minimum atomic E-state index is -0.784. The van der Waals surface area contributed by atoms with Gasteiger partial charge in [0.25, 0.3) is 0 Å². The van der Waals surface area contributed by atoms with Crippen molar-refractivity contribution in [3.05, 3.63) is 53.6 Å². The van der Waals surface area contributed by atoms with E-state index in [-0.39, 0.29) is 6.42 Å². The fraction of sp³-hybridized carbons (Fsp3) is 0.263. The smallest absolute Gasteiger partial charge is 0.303 e. The van der Waals surface area contributed by atoms with Crippen LogP contribution in [0.1, 0.15) is 30.9 Å². The molecule has 0 spiro atoms. The van der Waals surface area contributed by atoms with Gasteiger partial charge < -0.3 is 15.4 Å². The number of hydrogen-bond acceptors (Lipinski definition) is 3. The van der Waals surface area contributed by atoms with E-state index < -0.39 is 5.97 Å². The molecule has 124 valence electrons. The summed E-state index contributed by atoms with van der Waals surface area (Å²) in [5.41, 5.74) is 5.07. The number of aromatic amines is 1. The lowest BCUT2D eigenvalue weighted by Gasteiger charge is -2.04. The highest BCUT2D eigenvalue weighted by Crippen LogP contribution is 2.20. The third kappa shape index (κ3) is 3.93. The zero-order valence-electron chi connectivity index (χ0n) is 13.7. The number of nitrogens with one attached hydrogen (secondary N) is 2. The van der Waals surface area contributed by atoms with E-state index in [1.807, 2.05) is 18.2 Å². The minimum Gasteiger partial charge on any atom is -0.481 e. The van der Waals surface area contributed by atoms with Crippen molar-refractivity contribution in [1.29, 1.82) is 0 Å². The zero-order chi connectivity index (χ0) is 16.9. The average Bonchev–Trinajstić information content (AvgIpc) is 2.96. The molecule has 0 amide bonds. The molecule has 5 nitrogen and oxygen atoms in total. The Balaban J connectivity index is 1.74. The lowest BCUT2D eigenvalue weighted by Crippen LogP contribution is -1.97. The molecule has 3 N–H and O–H groups in total. The molecule has 3 aromatic rings. The second-order valence-electron chi connectivity index (χ2n) is 5.90. The predicted molar refractivity (Wildman–Crippen MR) is 95.8 cm³/mol. The highest BCUT2D eigenvalue weighted by Gasteiger charge is 2.06. The van der Waals surface area contributed by atoms with Gasteiger partial charge in [0.2, 0.25) is 5.95 Å². The van der Waals surface area contributed by atoms with Crippen molar-refractivity contribution >= 4 is 28.6 Å². The van der Waals surface area contributed by atoms with Gasteiger partial charge in [0.15, 0.2) is 0 Å². The van der Waals surface area contributed by atoms with Gasteiger partial charge in [-0.2, -0.15) is 0 Å². The molecule has 1 heterocycles. The molecule has 0 radical (unpaired) electrons. The van der Waals surface area contributed by atoms with E-state index in [0.717, 1.165) is 35.1 Å². The van der Waals surface area contributed by atoms with Crippen LogP contribution in [-0.4, -0.2) is 21.0 Å². The van der Waals surface area contributed by atoms with Gasteiger partial charge in [-0.25, -0.2) is 4.98 Å². The van der Waals surface area contributed by atoms with Gasteiger partial charge in [0, 0.05) is 12.1 Å². The van der Waals surface area contributed by atoms with Gasteiger partial charge in [-0.15, -0.1) is 0 Å². The molecule has 1 aromatic heterocycles. The number of benzene rings is 2. The Morgan fingerprint density at radius 2 is 1.88 bits per heavy atom. The molecule has 24 heavy (non-hydrogen) atoms. The molecule has 0 fully saturated rings. The first-order chi connectivity index (χ1) is 11.6. The second-order valence-corrected chi connectivity index (χ2v) is 5.90. The van der Waals surface area contributed by atoms with Crippen LogP contribution in [0.5, 0.6) is 0 Å². The van der Waals surface area contributed by atoms with Gasteiger partial charge in [-0.05, 0) is 48.2 Å². The molecule has 3 rings (SSSR count). The highest BCUT2D eigenvalue weighted by molar-refractivity contribution is 5.79. The molecule has 0 saturated carbocycles. The summed E-state index contributed by atoms with van der Waals surface area (Å²) in [4.78, 5) is 18.4. The Hall–Kier alpha value is -2.82. The van der Waals surface area contributed by atoms with Crippen LogP contribution in [0, 0.1) is 0 Å². The van der Waals surface area contributed by atoms with E-state index in [1.54, 1.807) is 0 Å². The highest BCUT2D eigenvalue weighted by atomic mass is 16.4. The fourth-order valence-electron chi connectivity index (χ4n) is 2.70. The number of nitrogens with zero attached hydrogens (tertiary/aromatic N) is 1. The maximum absolute atomic E-state index is 10.7. The molecular weight excluding hydrogens is 302 g/mol. The number of aryl methyl sites for hydroxylation is 2. The van der Waals surface area contributed by atoms with E-state index in [0.29, 0.717) is 12.4 Å². The summed E-state index contributed by atoms with van der Waals surface area (Å²) in [6, 6.07) is 14.2. The first-order valence-corrected chi connectivity index (χ1v) is 8.20. The van der Waals surface area contributed by atoms with Crippen molar-refractivity contribution in [2.75, 3.05) is 5.32 Å². The Labute approximate surface area is 140 Å². The molecule has 0 unspecified atom stereocenters. The number of aliphatic carboxylic acids is 1. The first kappa shape index (κ1) is 16.1. The molecule has 0 aliphatic rings. The maximum atomic E-state index is 10.7. The third-order valence-corrected chi connectivity index (χ3v) is 3.93. The molecule has 0 atom stereocenters. The number of rotatable bonds is 7. The van der Waals surface area contributed by atoms with E-state index in [4.69, 9.17) is 5.11 Å². The Kier molecular flexibility index (Phi) is 4.79. The quantitative estimate of drug-likeness (QED) is 0.606. The summed E-state index contributed by atoms with van der Waals surface area (Å²) in [6.45, 7) is 2.17. The molecule has 5 heteroatoms. The monoisotopic (exact) mass is 323 g/mol. The summed E-state index contributed by atoms with van der Waals surface area (Å²) in [5.74, 6) is -0.0998. The van der Waals surface area contributed by atoms with Gasteiger partial charge in [0.05, 0.1) is 11.0 Å². The summed E-state index contributed by atoms with van der Waals surface area (Å²) in [5, 5.41) is 12.1. The summed E-state index contributed by atoms with van der Waals surface area (Å²) < 4.78 is 0. The van der Waals surface area contributed by atoms with Crippen LogP contribution in [0.2, 0.25) is 0 Å². The number of carbonyl (C=O) groups is 1. The Morgan fingerprint density at radius 1 is 1.12 bits per heavy atom. The van der Waals surface area contributed by atoms with Gasteiger partial charge in [-0.3, -0.25) is 4.79 Å². The Bertz CT molecular complexity index is 837. The van der Waals surface area contributed by atoms with Gasteiger partial charge in [0.1, 0.15) is 0 Å². The van der Waals surface area contributed by atoms with Crippen molar-refractivity contribution < 1.29 is 9.90 Å². The van der Waals surface area contributed by atoms with E-state index in [1.165, 1.54) is 5.56 Å². The van der Waals surface area contributed by atoms with Crippen molar-refractivity contribution in [2.45, 2.75) is 32.6 Å². The number of imidazole rings is 1. The minimum absolute atomic E-state index is 0.134. The lowest BCUT2D eigenvalue weighted by atomic mass is 10.1. The van der Waals surface area contributed by atoms with Crippen LogP contribution in [0.25, 0.3) is 11.0 Å². The van der Waals surface area contributed by atoms with Crippen LogP contribution in [0.3, 0.4) is 0 Å². The summed E-state index contributed by atoms with van der Waals surface area (Å²) in [7, 11) is 0. The molecule has 0 bridgehead atoms. The number of carboxylic acid groups (broad SMARTS) is 1. The number of fused-ring (bicyclic) bond motifs is 1. The first-order valence-electron chi connectivity index (χ1n) is 8.20. The maximum Gasteiger partial charge on any atom is 0.303 e. The van der Waals surface area contributed by atoms with E-state index in [2.05, 4.69) is 46.5 Å². The number of carboxylic acids is 1. The second kappa shape index (κ2) is 7.17. The predicted octanol–water partition coefficient (Wildman–Crippen LogP) is 4.28. The lowest BCUT2D eigenvalue weighted by molar-refractivity contribution is -0.136. The van der Waals surface area contributed by atoms with Crippen LogP contribution in [0.4, 0.5) is 11.6 Å². The van der Waals surface area contributed by atoms with Crippen molar-refractivity contribution in [3.63, 3.8) is 0 Å². The van der Waals surface area contributed by atoms with Crippen LogP contribution < -0.4 is 5.32 Å². The zero-order valence-corrected chi connectivity index (χ0v) is 13.7. The van der Waals surface area contributed by atoms with Crippen LogP contribution >= 0.6 is 0 Å². The molecule has 0 saturated heterocycles. The van der Waals surface area contributed by atoms with E-state index >= 15 is 0 Å². The largest absolute Gasteiger partial charge is 0.481 e. The third-order valence-electron chi connectivity index (χ3n) is 3.93. The Morgan fingerprint density at radius 3 is 2.58 bits per heavy atom. The van der Waals surface area contributed by atoms with Gasteiger partial charge in [-0.1, -0.05) is 31.5 Å². The average molecular weight is 323 g/mol. The molecule has 2 aromatic carbocycles. The normalized spacial score (nSPS) is 10.9. The summed E-state index contributed by atoms with van der Waals surface area (Å²) in [6.07, 6.45) is 2.88. The van der Waals surface area contributed by atoms with Crippen molar-refractivity contribution in [1.82, 2.24) is 9.97 Å². The van der Waals surface area contributed by atoms with Crippen molar-refractivity contribution in [2.24, 2.45) is 0 Å². The number of H-pyrrole nitrogens is 1. The molecule has 0 aliphatic heterocycles. The van der Waals surface area contributed by atoms with Crippen LogP contribution in [0.15, 0.2) is 42.5 Å². The fourth-order valence-corrected chi connectivity index (χ4v) is 2.70. The molecular formula is C19H21N3O2. The van der Waals surface area contributed by atoms with E-state index in [9.17, 15) is 4.79 Å². The number of aromatic nitrogens is 2. The SMILES string of the molecule is CCCc1ccc(Nc2nc3ccc(CCC(=O)O)cc3[nH]2)cc1. The topological polar surface area (TPSA) is 78.0 Å². The number of anilines is 2. The molecule has 0 aliphatic carbocycles. The number of hydrogen-bond donors (Lipinski definition) is 3. The standard InChI is InChI=1S/C19H21N3O2/c1-2-3-13-4-8-15(9-5-13)20-19-21-16-10-6-14(7-11-18(23)24)12-17(16)22-19/h4-6,8-10,12H,2-3,7,11H2,1H3,(H,23,24)(H2,20,21,22). The van der Waals surface area contributed by atoms with Crippen LogP contribution in [-0.2, 0) is 17.6 Å². The van der Waals surface area contributed by atoms with Crippen molar-refractivity contribution in [3.8, 4) is 0 Å². The summed E-state index contributed by atoms with van der Waals surface area (Å²) >= 11 is 0.